The van der Waals surface area contributed by atoms with Gasteiger partial charge in [-0.2, -0.15) is 0 Å². The van der Waals surface area contributed by atoms with E-state index in [9.17, 15) is 13.2 Å². The Morgan fingerprint density at radius 2 is 1.61 bits per heavy atom. The molecule has 1 aromatic carbocycles. The van der Waals surface area contributed by atoms with Crippen LogP contribution in [0.1, 0.15) is 92.4 Å². The number of carbonyl (C=O) groups is 1. The zero-order chi connectivity index (χ0) is 29.4. The average molecular weight is 583 g/mol. The summed E-state index contributed by atoms with van der Waals surface area (Å²) < 4.78 is 25.4. The number of aromatic nitrogens is 2. The van der Waals surface area contributed by atoms with Gasteiger partial charge in [-0.3, -0.25) is 4.79 Å². The number of anilines is 1. The number of nitrogens with zero attached hydrogens (tertiary/aromatic N) is 5. The molecule has 0 spiro atoms. The van der Waals surface area contributed by atoms with Crippen LogP contribution in [0.15, 0.2) is 30.6 Å². The Morgan fingerprint density at radius 3 is 2.17 bits per heavy atom. The van der Waals surface area contributed by atoms with Gasteiger partial charge in [0.25, 0.3) is 5.91 Å². The molecule has 2 aliphatic heterocycles. The van der Waals surface area contributed by atoms with Gasteiger partial charge in [-0.05, 0) is 74.1 Å². The fraction of sp³-hybridized carbons (Fsp3) is 0.645. The van der Waals surface area contributed by atoms with E-state index in [1.54, 1.807) is 7.05 Å². The molecular weight excluding hydrogens is 536 g/mol. The van der Waals surface area contributed by atoms with Crippen molar-refractivity contribution in [2.45, 2.75) is 89.3 Å². The van der Waals surface area contributed by atoms with Crippen LogP contribution in [-0.2, 0) is 22.0 Å². The first-order valence-electron chi connectivity index (χ1n) is 15.1. The number of carbonyl (C=O) groups excluding carboxylic acids is 1. The predicted octanol–water partition coefficient (Wildman–Crippen LogP) is 4.22. The number of hydrogen-bond acceptors (Lipinski definition) is 7. The van der Waals surface area contributed by atoms with Crippen molar-refractivity contribution in [2.75, 3.05) is 44.8 Å². The summed E-state index contributed by atoms with van der Waals surface area (Å²) in [6.45, 7) is 10.5. The van der Waals surface area contributed by atoms with Crippen LogP contribution in [0.5, 0.6) is 0 Å². The second kappa shape index (κ2) is 12.0. The fourth-order valence-corrected chi connectivity index (χ4v) is 7.00. The number of amides is 1. The van der Waals surface area contributed by atoms with E-state index >= 15 is 0 Å². The van der Waals surface area contributed by atoms with Crippen LogP contribution in [0.2, 0.25) is 0 Å². The number of nitrogens with one attached hydrogen (secondary N) is 1. The van der Waals surface area contributed by atoms with Crippen molar-refractivity contribution in [2.24, 2.45) is 0 Å². The maximum atomic E-state index is 13.7. The molecule has 0 bridgehead atoms. The smallest absolute Gasteiger partial charge is 0.272 e. The maximum absolute atomic E-state index is 13.7. The highest BCUT2D eigenvalue weighted by Crippen LogP contribution is 2.44. The second-order valence-electron chi connectivity index (χ2n) is 13.1. The molecule has 9 nitrogen and oxygen atoms in total. The third-order valence-electron chi connectivity index (χ3n) is 9.16. The molecule has 2 aromatic rings. The van der Waals surface area contributed by atoms with E-state index in [0.29, 0.717) is 37.3 Å². The summed E-state index contributed by atoms with van der Waals surface area (Å²) in [5.74, 6) is 1.13. The Kier molecular flexibility index (Phi) is 8.74. The molecule has 0 atom stereocenters. The normalized spacial score (nSPS) is 20.0. The van der Waals surface area contributed by atoms with Crippen molar-refractivity contribution >= 4 is 21.7 Å². The predicted molar refractivity (Wildman–Crippen MR) is 163 cm³/mol. The van der Waals surface area contributed by atoms with E-state index in [-0.39, 0.29) is 17.4 Å². The van der Waals surface area contributed by atoms with Crippen molar-refractivity contribution in [3.8, 4) is 0 Å². The van der Waals surface area contributed by atoms with Gasteiger partial charge < -0.3 is 15.1 Å². The molecule has 224 valence electrons. The number of sulfonamides is 1. The van der Waals surface area contributed by atoms with Gasteiger partial charge in [0.05, 0.1) is 6.26 Å². The molecule has 1 aromatic heterocycles. The molecule has 1 aliphatic carbocycles. The van der Waals surface area contributed by atoms with Gasteiger partial charge in [0.1, 0.15) is 17.8 Å². The summed E-state index contributed by atoms with van der Waals surface area (Å²) >= 11 is 0. The van der Waals surface area contributed by atoms with Gasteiger partial charge in [-0.25, -0.2) is 22.7 Å². The summed E-state index contributed by atoms with van der Waals surface area (Å²) in [4.78, 5) is 27.3. The standard InChI is InChI=1S/C31H46N6O3S/c1-31(2,3)24-10-6-22(7-11-24)20-32-29-27(23-8-9-23)28(33-21-34-29)30(38)37-18-14-26(15-19-37)36-16-12-25(13-17-36)35(4)41(5,39)40/h6-7,10-11,21,23,25-26H,8-9,12-20H2,1-5H3,(H,32,33,34). The molecule has 10 heteroatoms. The summed E-state index contributed by atoms with van der Waals surface area (Å²) in [7, 11) is -1.48. The molecule has 0 radical (unpaired) electrons. The molecule has 1 N–H and O–H groups in total. The fourth-order valence-electron chi connectivity index (χ4n) is 6.24. The first kappa shape index (κ1) is 29.9. The molecule has 1 amide bonds. The van der Waals surface area contributed by atoms with Crippen LogP contribution in [0, 0.1) is 0 Å². The molecule has 3 fully saturated rings. The lowest BCUT2D eigenvalue weighted by molar-refractivity contribution is 0.0542. The molecule has 0 unspecified atom stereocenters. The minimum absolute atomic E-state index is 0.0128. The lowest BCUT2D eigenvalue weighted by atomic mass is 9.87. The van der Waals surface area contributed by atoms with Crippen molar-refractivity contribution in [3.63, 3.8) is 0 Å². The molecule has 41 heavy (non-hydrogen) atoms. The number of piperidine rings is 2. The average Bonchev–Trinajstić information content (AvgIpc) is 3.80. The third kappa shape index (κ3) is 7.09. The minimum Gasteiger partial charge on any atom is -0.366 e. The summed E-state index contributed by atoms with van der Waals surface area (Å²) in [6.07, 6.45) is 8.49. The van der Waals surface area contributed by atoms with Gasteiger partial charge in [0.2, 0.25) is 10.0 Å². The number of benzene rings is 1. The van der Waals surface area contributed by atoms with Crippen molar-refractivity contribution in [1.82, 2.24) is 24.1 Å². The summed E-state index contributed by atoms with van der Waals surface area (Å²) in [6, 6.07) is 9.20. The minimum atomic E-state index is -3.17. The van der Waals surface area contributed by atoms with E-state index in [4.69, 9.17) is 0 Å². The maximum Gasteiger partial charge on any atom is 0.272 e. The second-order valence-corrected chi connectivity index (χ2v) is 15.2. The van der Waals surface area contributed by atoms with Gasteiger partial charge >= 0.3 is 0 Å². The van der Waals surface area contributed by atoms with E-state index in [2.05, 4.69) is 65.2 Å². The Balaban J connectivity index is 1.19. The number of hydrogen-bond donors (Lipinski definition) is 1. The van der Waals surface area contributed by atoms with Gasteiger partial charge in [0, 0.05) is 44.3 Å². The Bertz CT molecular complexity index is 1320. The van der Waals surface area contributed by atoms with Crippen LogP contribution in [0.4, 0.5) is 5.82 Å². The lowest BCUT2D eigenvalue weighted by Gasteiger charge is -2.43. The summed E-state index contributed by atoms with van der Waals surface area (Å²) in [5, 5.41) is 3.51. The van der Waals surface area contributed by atoms with Crippen molar-refractivity contribution < 1.29 is 13.2 Å². The van der Waals surface area contributed by atoms with Crippen LogP contribution in [0.25, 0.3) is 0 Å². The largest absolute Gasteiger partial charge is 0.366 e. The van der Waals surface area contributed by atoms with E-state index in [1.165, 1.54) is 28.0 Å². The van der Waals surface area contributed by atoms with Gasteiger partial charge in [-0.1, -0.05) is 45.0 Å². The van der Waals surface area contributed by atoms with Crippen molar-refractivity contribution in [3.05, 3.63) is 53.0 Å². The first-order chi connectivity index (χ1) is 19.4. The first-order valence-corrected chi connectivity index (χ1v) is 16.9. The molecule has 2 saturated heterocycles. The van der Waals surface area contributed by atoms with Gasteiger partial charge in [0.15, 0.2) is 0 Å². The van der Waals surface area contributed by atoms with E-state index in [0.717, 1.165) is 63.0 Å². The SMILES string of the molecule is CN(C1CCN(C2CCN(C(=O)c3ncnc(NCc4ccc(C(C)(C)C)cc4)c3C3CC3)CC2)CC1)S(C)(=O)=O. The van der Waals surface area contributed by atoms with Crippen LogP contribution >= 0.6 is 0 Å². The Hall–Kier alpha value is -2.56. The Labute approximate surface area is 245 Å². The highest BCUT2D eigenvalue weighted by atomic mass is 32.2. The topological polar surface area (TPSA) is 98.7 Å². The highest BCUT2D eigenvalue weighted by molar-refractivity contribution is 7.88. The zero-order valence-electron chi connectivity index (χ0n) is 25.3. The van der Waals surface area contributed by atoms with Crippen LogP contribution in [-0.4, -0.2) is 90.0 Å². The molecular formula is C31H46N6O3S. The third-order valence-corrected chi connectivity index (χ3v) is 10.5. The monoisotopic (exact) mass is 582 g/mol. The quantitative estimate of drug-likeness (QED) is 0.498. The molecule has 5 rings (SSSR count). The molecule has 3 aliphatic rings. The molecule has 3 heterocycles. The number of rotatable bonds is 8. The summed E-state index contributed by atoms with van der Waals surface area (Å²) in [5.41, 5.74) is 4.14. The van der Waals surface area contributed by atoms with Gasteiger partial charge in [-0.15, -0.1) is 0 Å². The highest BCUT2D eigenvalue weighted by Gasteiger charge is 2.36. The van der Waals surface area contributed by atoms with Crippen LogP contribution in [0.3, 0.4) is 0 Å². The number of likely N-dealkylation sites (tertiary alicyclic amines) is 2. The van der Waals surface area contributed by atoms with Crippen LogP contribution < -0.4 is 5.32 Å². The lowest BCUT2D eigenvalue weighted by Crippen LogP contribution is -2.52. The Morgan fingerprint density at radius 1 is 0.976 bits per heavy atom. The van der Waals surface area contributed by atoms with E-state index < -0.39 is 10.0 Å². The van der Waals surface area contributed by atoms with Crippen molar-refractivity contribution in [1.29, 1.82) is 0 Å². The van der Waals surface area contributed by atoms with E-state index in [1.807, 2.05) is 4.90 Å². The molecule has 1 saturated carbocycles. The zero-order valence-corrected chi connectivity index (χ0v) is 26.1.